The molecule has 0 bridgehead atoms. The first-order chi connectivity index (χ1) is 27.5. The van der Waals surface area contributed by atoms with Crippen molar-refractivity contribution in [1.29, 1.82) is 0 Å². The highest BCUT2D eigenvalue weighted by Gasteiger charge is 2.38. The Morgan fingerprint density at radius 1 is 0.603 bits per heavy atom. The van der Waals surface area contributed by atoms with Gasteiger partial charge in [0, 0.05) is 0 Å². The maximum atomic E-state index is 13.6. The molecule has 0 heterocycles. The number of benzene rings is 3. The van der Waals surface area contributed by atoms with Gasteiger partial charge in [-0.1, -0.05) is 123 Å². The van der Waals surface area contributed by atoms with Gasteiger partial charge in [0.1, 0.15) is 0 Å². The summed E-state index contributed by atoms with van der Waals surface area (Å²) in [7, 11) is 0. The van der Waals surface area contributed by atoms with Crippen LogP contribution in [0.15, 0.2) is 48.5 Å². The number of carbonyl (C=O) groups is 3. The molecular weight excluding hydrogens is 721 g/mol. The van der Waals surface area contributed by atoms with Crippen LogP contribution in [-0.4, -0.2) is 33.2 Å². The van der Waals surface area contributed by atoms with Crippen molar-refractivity contribution in [2.24, 2.45) is 11.8 Å². The molecule has 0 saturated heterocycles. The van der Waals surface area contributed by atoms with Gasteiger partial charge >= 0.3 is 17.9 Å². The van der Waals surface area contributed by atoms with Crippen molar-refractivity contribution in [2.75, 3.05) is 0 Å². The molecule has 3 aliphatic carbocycles. The number of hydrogen-bond donors (Lipinski definition) is 3. The van der Waals surface area contributed by atoms with Crippen molar-refractivity contribution in [1.82, 2.24) is 0 Å². The van der Waals surface area contributed by atoms with Crippen LogP contribution in [0.2, 0.25) is 0 Å². The normalized spacial score (nSPS) is 21.6. The first kappa shape index (κ1) is 43.6. The molecule has 4 atom stereocenters. The van der Waals surface area contributed by atoms with E-state index in [2.05, 4.69) is 72.7 Å². The number of carboxylic acids is 3. The molecule has 0 radical (unpaired) electrons. The Morgan fingerprint density at radius 3 is 1.67 bits per heavy atom. The number of hydrogen-bond acceptors (Lipinski definition) is 3. The van der Waals surface area contributed by atoms with Crippen LogP contribution >= 0.6 is 0 Å². The van der Waals surface area contributed by atoms with E-state index in [4.69, 9.17) is 0 Å². The maximum absolute atomic E-state index is 13.6. The molecule has 0 aliphatic heterocycles. The number of rotatable bonds is 14. The fraction of sp³-hybridized carbons (Fsp3) is 0.596. The molecule has 58 heavy (non-hydrogen) atoms. The summed E-state index contributed by atoms with van der Waals surface area (Å²) in [5.41, 5.74) is 8.62. The maximum Gasteiger partial charge on any atom is 0.336 e. The summed E-state index contributed by atoms with van der Waals surface area (Å²) in [6.45, 7) is 15.2. The van der Waals surface area contributed by atoms with Crippen LogP contribution in [0.5, 0.6) is 0 Å². The standard InChI is InChI=1S/C52H70O6/c1-31(2)39-26-43(32(3)4)47(50(55)56)44(27-39)33(5)22-34-23-35(30-52(6,7)42-20-18-38(19-21-42)49(53)54)25-41(24-34)46-29-40(36-14-10-8-11-15-36)28-45(48(46)51(57)58)37-16-12-9-13-17-37/h18-21,26-29,31-37,41H,8-17,22-25,30H2,1-7H3,(H,53,54)(H,55,56)(H,57,58). The molecule has 6 heteroatoms. The molecule has 314 valence electrons. The first-order valence-corrected chi connectivity index (χ1v) is 22.7. The van der Waals surface area contributed by atoms with Crippen molar-refractivity contribution in [2.45, 2.75) is 186 Å². The summed E-state index contributed by atoms with van der Waals surface area (Å²) < 4.78 is 0. The molecule has 0 spiro atoms. The molecule has 0 amide bonds. The Bertz CT molecular complexity index is 1920. The van der Waals surface area contributed by atoms with Crippen LogP contribution < -0.4 is 0 Å². The fourth-order valence-electron chi connectivity index (χ4n) is 11.5. The summed E-state index contributed by atoms with van der Waals surface area (Å²) in [4.78, 5) is 38.3. The lowest BCUT2D eigenvalue weighted by molar-refractivity contribution is 0.0682. The molecular formula is C52H70O6. The highest BCUT2D eigenvalue weighted by Crippen LogP contribution is 2.50. The van der Waals surface area contributed by atoms with E-state index in [1.165, 1.54) is 36.8 Å². The number of aromatic carboxylic acids is 3. The van der Waals surface area contributed by atoms with Crippen LogP contribution in [0.25, 0.3) is 0 Å². The van der Waals surface area contributed by atoms with Gasteiger partial charge in [0.15, 0.2) is 0 Å². The van der Waals surface area contributed by atoms with E-state index in [0.29, 0.717) is 23.0 Å². The van der Waals surface area contributed by atoms with Crippen molar-refractivity contribution in [3.63, 3.8) is 0 Å². The zero-order valence-corrected chi connectivity index (χ0v) is 36.4. The molecule has 0 aromatic heterocycles. The van der Waals surface area contributed by atoms with Crippen LogP contribution in [0, 0.1) is 11.8 Å². The molecule has 3 N–H and O–H groups in total. The minimum Gasteiger partial charge on any atom is -0.478 e. The van der Waals surface area contributed by atoms with Gasteiger partial charge in [0.2, 0.25) is 0 Å². The molecule has 3 aromatic carbocycles. The largest absolute Gasteiger partial charge is 0.478 e. The molecule has 3 saturated carbocycles. The summed E-state index contributed by atoms with van der Waals surface area (Å²) in [6.07, 6.45) is 16.2. The summed E-state index contributed by atoms with van der Waals surface area (Å²) in [5, 5.41) is 31.4. The Balaban J connectivity index is 1.43. The SMILES string of the molecule is CC(C)c1cc(C(C)C)c(C(=O)O)c(C(C)CC2CC(CC(C)(C)c3ccc(C(=O)O)cc3)CC(c3cc(C4CCCCC4)cc(C4CCCCC4)c3C(=O)O)C2)c1. The number of carboxylic acid groups (broad SMARTS) is 3. The first-order valence-electron chi connectivity index (χ1n) is 22.7. The highest BCUT2D eigenvalue weighted by atomic mass is 16.4. The Hall–Kier alpha value is -3.93. The molecule has 6 nitrogen and oxygen atoms in total. The van der Waals surface area contributed by atoms with Crippen LogP contribution in [-0.2, 0) is 5.41 Å². The van der Waals surface area contributed by atoms with Gasteiger partial charge in [-0.15, -0.1) is 0 Å². The van der Waals surface area contributed by atoms with Gasteiger partial charge in [-0.3, -0.25) is 0 Å². The van der Waals surface area contributed by atoms with Crippen molar-refractivity contribution in [3.05, 3.63) is 104 Å². The molecule has 3 aromatic rings. The Morgan fingerprint density at radius 2 is 1.14 bits per heavy atom. The lowest BCUT2D eigenvalue weighted by atomic mass is 9.64. The summed E-state index contributed by atoms with van der Waals surface area (Å²) in [6, 6.07) is 16.2. The zero-order valence-electron chi connectivity index (χ0n) is 36.4. The van der Waals surface area contributed by atoms with E-state index in [0.717, 1.165) is 98.4 Å². The zero-order chi connectivity index (χ0) is 41.9. The average Bonchev–Trinajstić information content (AvgIpc) is 3.20. The van der Waals surface area contributed by atoms with Crippen LogP contribution in [0.3, 0.4) is 0 Å². The van der Waals surface area contributed by atoms with Gasteiger partial charge < -0.3 is 15.3 Å². The molecule has 3 fully saturated rings. The third-order valence-electron chi connectivity index (χ3n) is 14.6. The Labute approximate surface area is 348 Å². The average molecular weight is 791 g/mol. The van der Waals surface area contributed by atoms with E-state index < -0.39 is 17.9 Å². The second-order valence-electron chi connectivity index (χ2n) is 20.0. The van der Waals surface area contributed by atoms with Gasteiger partial charge in [0.25, 0.3) is 0 Å². The smallest absolute Gasteiger partial charge is 0.336 e. The summed E-state index contributed by atoms with van der Waals surface area (Å²) in [5.74, 6) is -0.837. The molecule has 6 rings (SSSR count). The topological polar surface area (TPSA) is 112 Å². The van der Waals surface area contributed by atoms with E-state index in [9.17, 15) is 29.7 Å². The van der Waals surface area contributed by atoms with Gasteiger partial charge in [-0.25, -0.2) is 14.4 Å². The second-order valence-corrected chi connectivity index (χ2v) is 20.0. The minimum absolute atomic E-state index is 0.00795. The third kappa shape index (κ3) is 9.91. The lowest BCUT2D eigenvalue weighted by Gasteiger charge is -2.41. The van der Waals surface area contributed by atoms with Gasteiger partial charge in [0.05, 0.1) is 16.7 Å². The lowest BCUT2D eigenvalue weighted by Crippen LogP contribution is -2.30. The minimum atomic E-state index is -0.931. The van der Waals surface area contributed by atoms with Crippen LogP contribution in [0.1, 0.15) is 250 Å². The second kappa shape index (κ2) is 18.6. The quantitative estimate of drug-likeness (QED) is 0.150. The summed E-state index contributed by atoms with van der Waals surface area (Å²) >= 11 is 0. The molecule has 3 aliphatic rings. The van der Waals surface area contributed by atoms with Gasteiger partial charge in [-0.05, 0) is 162 Å². The predicted octanol–water partition coefficient (Wildman–Crippen LogP) is 14.2. The third-order valence-corrected chi connectivity index (χ3v) is 14.6. The molecule has 4 unspecified atom stereocenters. The van der Waals surface area contributed by atoms with Crippen LogP contribution in [0.4, 0.5) is 0 Å². The predicted molar refractivity (Wildman–Crippen MR) is 234 cm³/mol. The van der Waals surface area contributed by atoms with E-state index in [1.54, 1.807) is 12.1 Å². The van der Waals surface area contributed by atoms with Crippen molar-refractivity contribution in [3.8, 4) is 0 Å². The fourth-order valence-corrected chi connectivity index (χ4v) is 11.5. The van der Waals surface area contributed by atoms with E-state index in [1.807, 2.05) is 12.1 Å². The van der Waals surface area contributed by atoms with E-state index >= 15 is 0 Å². The van der Waals surface area contributed by atoms with Gasteiger partial charge in [-0.2, -0.15) is 0 Å². The van der Waals surface area contributed by atoms with Crippen molar-refractivity contribution >= 4 is 17.9 Å². The highest BCUT2D eigenvalue weighted by molar-refractivity contribution is 5.93. The van der Waals surface area contributed by atoms with E-state index in [-0.39, 0.29) is 46.5 Å². The van der Waals surface area contributed by atoms with Crippen molar-refractivity contribution < 1.29 is 29.7 Å². The monoisotopic (exact) mass is 791 g/mol. The Kier molecular flexibility index (Phi) is 14.0.